The Morgan fingerprint density at radius 3 is 1.62 bits per heavy atom. The van der Waals surface area contributed by atoms with Gasteiger partial charge in [-0.3, -0.25) is 9.59 Å². The molecule has 16 N–H and O–H groups in total. The number of hydrogen-bond acceptors (Lipinski definition) is 30. The molecule has 1 aliphatic rings. The number of carbonyl (C=O) groups excluding carboxylic acids is 16. The Labute approximate surface area is 742 Å². The number of anilines is 1. The Morgan fingerprint density at radius 2 is 1.13 bits per heavy atom. The molecule has 2 aromatic carbocycles. The van der Waals surface area contributed by atoms with Crippen molar-refractivity contribution < 1.29 is 96.0 Å². The summed E-state index contributed by atoms with van der Waals surface area (Å²) >= 11 is 0. The molecule has 4 aromatic rings. The molecular formula is C91H119N17O20. The van der Waals surface area contributed by atoms with Gasteiger partial charge in [-0.1, -0.05) is 111 Å². The minimum absolute atomic E-state index is 0.00416. The molecule has 1 unspecified atom stereocenters. The second kappa shape index (κ2) is 53.2. The molecule has 37 heteroatoms. The van der Waals surface area contributed by atoms with Crippen LogP contribution in [0.15, 0.2) is 124 Å². The molecular weight excluding hydrogens is 1650 g/mol. The fourth-order valence-corrected chi connectivity index (χ4v) is 15.8. The summed E-state index contributed by atoms with van der Waals surface area (Å²) in [5.74, 6) is 18.4. The molecule has 3 heterocycles. The summed E-state index contributed by atoms with van der Waals surface area (Å²) in [7, 11) is 6.22. The van der Waals surface area contributed by atoms with Crippen molar-refractivity contribution in [3.05, 3.63) is 157 Å². The second-order valence-electron chi connectivity index (χ2n) is 32.1. The van der Waals surface area contributed by atoms with Crippen LogP contribution in [-0.2, 0) is 87.9 Å². The smallest absolute Gasteiger partial charge is 0.410 e. The molecule has 5 rings (SSSR count). The zero-order valence-electron chi connectivity index (χ0n) is 74.7. The minimum Gasteiger partial charge on any atom is -0.445 e. The van der Waals surface area contributed by atoms with Crippen molar-refractivity contribution in [2.24, 2.45) is 46.8 Å². The van der Waals surface area contributed by atoms with Crippen molar-refractivity contribution in [1.82, 2.24) is 66.4 Å². The maximum atomic E-state index is 14.4. The number of aliphatic hydroxyl groups is 1. The number of methoxy groups -OCH3 is 2. The summed E-state index contributed by atoms with van der Waals surface area (Å²) in [5, 5.41) is 36.4. The fraction of sp³-hybridized carbons (Fsp3) is 0.516. The number of benzene rings is 2. The van der Waals surface area contributed by atoms with E-state index in [1.807, 2.05) is 75.5 Å². The largest absolute Gasteiger partial charge is 0.445 e. The summed E-state index contributed by atoms with van der Waals surface area (Å²) in [5.41, 5.74) is 18.3. The lowest BCUT2D eigenvalue weighted by atomic mass is 9.88. The second-order valence-corrected chi connectivity index (χ2v) is 32.1. The molecule has 0 spiro atoms. The first kappa shape index (κ1) is 105. The molecule has 15 atom stereocenters. The monoisotopic (exact) mass is 1770 g/mol. The summed E-state index contributed by atoms with van der Waals surface area (Å²) < 4.78 is 20.4. The number of hydrogen-bond donors (Lipinski definition) is 13. The van der Waals surface area contributed by atoms with Gasteiger partial charge in [-0.2, -0.15) is 0 Å². The number of nitrogens with one attached hydrogen (secondary N) is 9. The average molecular weight is 1770 g/mol. The van der Waals surface area contributed by atoms with Crippen LogP contribution in [0, 0.1) is 29.6 Å². The van der Waals surface area contributed by atoms with Crippen LogP contribution in [0.1, 0.15) is 150 Å². The third kappa shape index (κ3) is 28.6. The molecule has 128 heavy (non-hydrogen) atoms. The topological polar surface area (TPSA) is 527 Å². The van der Waals surface area contributed by atoms with Crippen LogP contribution in [0.3, 0.4) is 0 Å². The lowest BCUT2D eigenvalue weighted by molar-refractivity contribution is -0.124. The SMILES string of the molecule is CC[C@H](C)[C@@H]([C@@H](CC(=C=O)N1CCC[C@H]1[C@H](OC)[C@H](C)C(=C=O)N[C@H](C)[C@@H](O)c1ccccc1)OC)N(C)C(=C=O)[C@@H](NC(=C=O)[C@H](C(C)C)N(C)C(=O)OCc1ccc(NC(=O)[C@H](CCCNC(N)=O)NC(=C=O)[C@@H](NC(=C=O)CCC(=C=O)NC(CNC(=O)[C@H](CN)n2c(=C=O)ccc2=C=O)CNC(=C=O)[C@H](CN)n2c(=C=O)ccc2=C=O)C(C)C)cc1)C(C)C. The molecule has 5 amide bonds. The molecule has 2 aromatic heterocycles. The summed E-state index contributed by atoms with van der Waals surface area (Å²) in [4.78, 5) is 211. The number of rotatable bonds is 54. The fourth-order valence-electron chi connectivity index (χ4n) is 15.8. The van der Waals surface area contributed by atoms with Gasteiger partial charge >= 0.3 is 12.1 Å². The van der Waals surface area contributed by atoms with Gasteiger partial charge in [0.05, 0.1) is 78.0 Å². The van der Waals surface area contributed by atoms with Gasteiger partial charge in [0.1, 0.15) is 122 Å². The maximum Gasteiger partial charge on any atom is 0.410 e. The zero-order chi connectivity index (χ0) is 95.0. The van der Waals surface area contributed by atoms with Crippen molar-refractivity contribution >= 4 is 101 Å². The van der Waals surface area contributed by atoms with Crippen molar-refractivity contribution in [2.75, 3.05) is 72.9 Å². The van der Waals surface area contributed by atoms with Crippen molar-refractivity contribution in [1.29, 1.82) is 0 Å². The standard InChI is InChI=1S/C91H119N17O20/c1-15-58(8)85(81(126-13)37-71(48-115)106-36-20-24-77(106)87(127-14)59(9)73(49-116)98-60(10)86(121)62-21-17-16-18-22-62)104(11)80(53-120)83(56(4)5)103-76(52-119)84(57(6)7)105(12)91(125)128-54-61-25-27-63(28-26-61)101-88(122)72(23-19-35-95-90(94)124)102-75(51-118)82(55(2)3)100-65(43-110)30-29-64(42-109)99-66(41-97-89(123)79(39-93)108-69(46-113)33-34-70(108)47-114)40-96-74(50-117)78(38-92)107-67(44-111)31-32-68(107)45-112/h16-18,21-22,25-28,31-34,55-60,66,72,77-79,81-87,96,98-100,102-103,121H,15,19-20,23-24,29-30,35-41,54,92-93H2,1-14H3,(H,97,123)(H,101,122)(H3,94,95,124)/t58-,59+,60+,66?,72-,77-,78-,79-,81+,82-,83-,84-,85-,86+,87+/m0/s1. The predicted octanol–water partition coefficient (Wildman–Crippen LogP) is -1.38. The molecule has 0 radical (unpaired) electrons. The van der Waals surface area contributed by atoms with Crippen LogP contribution in [-0.4, -0.2) is 252 Å². The van der Waals surface area contributed by atoms with E-state index in [1.54, 1.807) is 112 Å². The molecule has 0 bridgehead atoms. The van der Waals surface area contributed by atoms with Gasteiger partial charge in [0.2, 0.25) is 11.8 Å². The normalized spacial score (nSPS) is 15.2. The number of allylic oxidation sites excluding steroid dienone is 2. The Kier molecular flexibility index (Phi) is 43.7. The first-order valence-electron chi connectivity index (χ1n) is 42.1. The number of amides is 5. The molecule has 1 saturated heterocycles. The van der Waals surface area contributed by atoms with E-state index in [-0.39, 0.29) is 137 Å². The zero-order valence-corrected chi connectivity index (χ0v) is 74.7. The first-order chi connectivity index (χ1) is 61.3. The number of aliphatic hydroxyl groups excluding tert-OH is 1. The van der Waals surface area contributed by atoms with Crippen LogP contribution in [0.2, 0.25) is 0 Å². The van der Waals surface area contributed by atoms with Gasteiger partial charge in [-0.15, -0.1) is 0 Å². The molecule has 0 aliphatic carbocycles. The van der Waals surface area contributed by atoms with Crippen molar-refractivity contribution in [3.63, 3.8) is 0 Å². The Morgan fingerprint density at radius 1 is 0.578 bits per heavy atom. The Hall–Kier alpha value is -13.4. The van der Waals surface area contributed by atoms with E-state index in [1.165, 1.54) is 62.6 Å². The number of urea groups is 1. The van der Waals surface area contributed by atoms with Crippen LogP contribution < -0.4 is 86.4 Å². The average Bonchev–Trinajstić information content (AvgIpc) is 1.44. The van der Waals surface area contributed by atoms with E-state index in [0.29, 0.717) is 36.9 Å². The molecule has 0 saturated carbocycles. The number of nitrogens with zero attached hydrogens (tertiary/aromatic N) is 5. The number of primary amides is 1. The molecule has 1 fully saturated rings. The van der Waals surface area contributed by atoms with Crippen LogP contribution >= 0.6 is 0 Å². The number of aromatic nitrogens is 2. The van der Waals surface area contributed by atoms with Gasteiger partial charge in [-0.25, -0.2) is 67.1 Å². The van der Waals surface area contributed by atoms with E-state index in [2.05, 4.69) is 59.7 Å². The van der Waals surface area contributed by atoms with E-state index in [9.17, 15) is 81.8 Å². The molecule has 1 aliphatic heterocycles. The van der Waals surface area contributed by atoms with Crippen molar-refractivity contribution in [2.45, 2.75) is 206 Å². The number of likely N-dealkylation sites (N-methyl/N-ethyl adjacent to an activating group) is 2. The number of carbonyl (C=O) groups is 4. The summed E-state index contributed by atoms with van der Waals surface area (Å²) in [6, 6.07) is 9.79. The van der Waals surface area contributed by atoms with E-state index in [0.717, 1.165) is 9.13 Å². The lowest BCUT2D eigenvalue weighted by Crippen LogP contribution is -2.54. The van der Waals surface area contributed by atoms with Gasteiger partial charge in [0.25, 0.3) is 0 Å². The van der Waals surface area contributed by atoms with Gasteiger partial charge in [0, 0.05) is 98.5 Å². The van der Waals surface area contributed by atoms with E-state index >= 15 is 0 Å². The van der Waals surface area contributed by atoms with E-state index < -0.39 is 139 Å². The maximum absolute atomic E-state index is 14.4. The predicted molar refractivity (Wildman–Crippen MR) is 473 cm³/mol. The molecule has 37 nitrogen and oxygen atoms in total. The number of ether oxygens (including phenoxy) is 3. The highest BCUT2D eigenvalue weighted by molar-refractivity contribution is 5.95. The molecule has 688 valence electrons. The van der Waals surface area contributed by atoms with Gasteiger partial charge < -0.3 is 108 Å². The summed E-state index contributed by atoms with van der Waals surface area (Å²) in [6.45, 7) is 16.7. The minimum atomic E-state index is -1.37. The van der Waals surface area contributed by atoms with Gasteiger partial charge in [-0.05, 0) is 104 Å². The lowest BCUT2D eigenvalue weighted by Gasteiger charge is -2.43. The highest BCUT2D eigenvalue weighted by Gasteiger charge is 2.43. The van der Waals surface area contributed by atoms with Crippen LogP contribution in [0.4, 0.5) is 15.3 Å². The van der Waals surface area contributed by atoms with Gasteiger partial charge in [0.15, 0.2) is 23.8 Å². The van der Waals surface area contributed by atoms with Crippen LogP contribution in [0.5, 0.6) is 0 Å². The first-order valence-corrected chi connectivity index (χ1v) is 42.1. The Bertz CT molecular complexity index is 5180. The van der Waals surface area contributed by atoms with Crippen molar-refractivity contribution in [3.8, 4) is 0 Å². The highest BCUT2D eigenvalue weighted by atomic mass is 16.6. The summed E-state index contributed by atoms with van der Waals surface area (Å²) in [6.07, 6.45) is -1.76. The third-order valence-electron chi connectivity index (χ3n) is 22.7. The van der Waals surface area contributed by atoms with Crippen LogP contribution in [0.25, 0.3) is 0 Å². The third-order valence-corrected chi connectivity index (χ3v) is 22.7. The number of likely N-dealkylation sites (tertiary alicyclic amines) is 1. The number of nitrogens with two attached hydrogens (primary N) is 3. The van der Waals surface area contributed by atoms with E-state index in [4.69, 9.17) is 31.4 Å². The Balaban J connectivity index is 1.29. The quantitative estimate of drug-likeness (QED) is 0.0179. The highest BCUT2D eigenvalue weighted by Crippen LogP contribution is 2.36.